The van der Waals surface area contributed by atoms with Crippen LogP contribution in [0.3, 0.4) is 0 Å². The van der Waals surface area contributed by atoms with Crippen molar-refractivity contribution in [2.75, 3.05) is 11.9 Å². The summed E-state index contributed by atoms with van der Waals surface area (Å²) in [4.78, 5) is 14.5. The van der Waals surface area contributed by atoms with Gasteiger partial charge in [0.25, 0.3) is 12.1 Å². The van der Waals surface area contributed by atoms with E-state index in [4.69, 9.17) is 5.11 Å². The number of anilines is 1. The maximum absolute atomic E-state index is 12.3. The number of pyridine rings is 1. The second kappa shape index (κ2) is 5.96. The van der Waals surface area contributed by atoms with E-state index in [-0.39, 0.29) is 12.2 Å². The molecule has 0 aliphatic carbocycles. The molecule has 2 aromatic rings. The number of nitro groups is 1. The van der Waals surface area contributed by atoms with Gasteiger partial charge >= 0.3 is 0 Å². The Balaban J connectivity index is 2.40. The highest BCUT2D eigenvalue weighted by Gasteiger charge is 2.17. The molecule has 1 aromatic carbocycles. The molecular formula is C13H13F2N3O3. The number of aliphatic hydroxyl groups excluding tert-OH is 1. The number of nitro benzene ring substituents is 1. The summed E-state index contributed by atoms with van der Waals surface area (Å²) in [5.74, 6) is 0. The van der Waals surface area contributed by atoms with Crippen LogP contribution in [0.15, 0.2) is 24.3 Å². The molecule has 0 saturated heterocycles. The van der Waals surface area contributed by atoms with Crippen molar-refractivity contribution in [1.82, 2.24) is 4.98 Å². The van der Waals surface area contributed by atoms with Crippen molar-refractivity contribution in [2.24, 2.45) is 0 Å². The number of alkyl halides is 2. The van der Waals surface area contributed by atoms with E-state index in [1.54, 1.807) is 13.0 Å². The molecule has 0 aliphatic heterocycles. The molecule has 0 bridgehead atoms. The van der Waals surface area contributed by atoms with E-state index in [0.29, 0.717) is 22.3 Å². The van der Waals surface area contributed by atoms with Gasteiger partial charge in [-0.3, -0.25) is 15.1 Å². The smallest absolute Gasteiger partial charge is 0.270 e. The van der Waals surface area contributed by atoms with Gasteiger partial charge in [0.05, 0.1) is 10.4 Å². The molecule has 21 heavy (non-hydrogen) atoms. The van der Waals surface area contributed by atoms with Gasteiger partial charge in [-0.25, -0.2) is 8.78 Å². The van der Waals surface area contributed by atoms with Gasteiger partial charge in [0.1, 0.15) is 6.10 Å². The van der Waals surface area contributed by atoms with Crippen LogP contribution in [0.4, 0.5) is 20.2 Å². The van der Waals surface area contributed by atoms with E-state index in [9.17, 15) is 18.9 Å². The van der Waals surface area contributed by atoms with Crippen LogP contribution in [0.1, 0.15) is 5.69 Å². The van der Waals surface area contributed by atoms with E-state index in [0.717, 1.165) is 0 Å². The molecule has 0 aliphatic rings. The molecule has 112 valence electrons. The molecule has 2 N–H and O–H groups in total. The van der Waals surface area contributed by atoms with Crippen molar-refractivity contribution in [3.63, 3.8) is 0 Å². The van der Waals surface area contributed by atoms with Gasteiger partial charge < -0.3 is 10.4 Å². The minimum absolute atomic E-state index is 0.120. The lowest BCUT2D eigenvalue weighted by molar-refractivity contribution is -0.384. The molecule has 6 nitrogen and oxygen atoms in total. The average molecular weight is 297 g/mol. The third-order valence-corrected chi connectivity index (χ3v) is 2.92. The minimum atomic E-state index is -2.86. The Morgan fingerprint density at radius 2 is 2.14 bits per heavy atom. The van der Waals surface area contributed by atoms with Crippen molar-refractivity contribution in [2.45, 2.75) is 19.5 Å². The summed E-state index contributed by atoms with van der Waals surface area (Å²) >= 11 is 0. The van der Waals surface area contributed by atoms with Crippen LogP contribution in [0.2, 0.25) is 0 Å². The van der Waals surface area contributed by atoms with Crippen LogP contribution in [0, 0.1) is 17.0 Å². The zero-order chi connectivity index (χ0) is 15.6. The summed E-state index contributed by atoms with van der Waals surface area (Å²) in [5, 5.41) is 23.1. The number of aliphatic hydroxyl groups is 1. The molecule has 0 amide bonds. The first-order valence-corrected chi connectivity index (χ1v) is 6.14. The van der Waals surface area contributed by atoms with Crippen LogP contribution in [-0.2, 0) is 0 Å². The molecule has 1 unspecified atom stereocenters. The number of fused-ring (bicyclic) bond motifs is 1. The number of rotatable bonds is 5. The predicted molar refractivity (Wildman–Crippen MR) is 73.6 cm³/mol. The van der Waals surface area contributed by atoms with Gasteiger partial charge in [-0.1, -0.05) is 0 Å². The topological polar surface area (TPSA) is 88.3 Å². The Labute approximate surface area is 118 Å². The fourth-order valence-electron chi connectivity index (χ4n) is 1.91. The van der Waals surface area contributed by atoms with Gasteiger partial charge in [-0.15, -0.1) is 0 Å². The quantitative estimate of drug-likeness (QED) is 0.654. The van der Waals surface area contributed by atoms with E-state index in [1.165, 1.54) is 18.2 Å². The van der Waals surface area contributed by atoms with Crippen molar-refractivity contribution >= 4 is 22.3 Å². The monoisotopic (exact) mass is 297 g/mol. The Kier molecular flexibility index (Phi) is 4.27. The highest BCUT2D eigenvalue weighted by molar-refractivity contribution is 5.93. The lowest BCUT2D eigenvalue weighted by Crippen LogP contribution is -2.26. The molecule has 0 saturated carbocycles. The largest absolute Gasteiger partial charge is 0.385 e. The second-order valence-electron chi connectivity index (χ2n) is 4.55. The molecule has 0 spiro atoms. The number of hydrogen-bond acceptors (Lipinski definition) is 5. The summed E-state index contributed by atoms with van der Waals surface area (Å²) < 4.78 is 24.6. The van der Waals surface area contributed by atoms with Crippen LogP contribution in [0.25, 0.3) is 10.9 Å². The molecular weight excluding hydrogens is 284 g/mol. The molecule has 2 rings (SSSR count). The molecule has 1 heterocycles. The van der Waals surface area contributed by atoms with Crippen molar-refractivity contribution in [1.29, 1.82) is 0 Å². The summed E-state index contributed by atoms with van der Waals surface area (Å²) in [6.07, 6.45) is -4.67. The van der Waals surface area contributed by atoms with Gasteiger partial charge in [-0.05, 0) is 19.1 Å². The van der Waals surface area contributed by atoms with E-state index in [1.807, 2.05) is 0 Å². The fraction of sp³-hybridized carbons (Fsp3) is 0.308. The van der Waals surface area contributed by atoms with E-state index in [2.05, 4.69) is 10.3 Å². The maximum Gasteiger partial charge on any atom is 0.270 e. The Morgan fingerprint density at radius 1 is 1.43 bits per heavy atom. The first-order chi connectivity index (χ1) is 9.88. The molecule has 0 fully saturated rings. The molecule has 1 aromatic heterocycles. The number of hydrogen-bond donors (Lipinski definition) is 2. The number of benzene rings is 1. The number of non-ortho nitro benzene ring substituents is 1. The summed E-state index contributed by atoms with van der Waals surface area (Å²) in [7, 11) is 0. The molecule has 1 atom stereocenters. The zero-order valence-electron chi connectivity index (χ0n) is 11.1. The number of aryl methyl sites for hydroxylation is 1. The van der Waals surface area contributed by atoms with Crippen molar-refractivity contribution in [3.8, 4) is 0 Å². The minimum Gasteiger partial charge on any atom is -0.385 e. The average Bonchev–Trinajstić information content (AvgIpc) is 2.43. The number of aromatic nitrogens is 1. The van der Waals surface area contributed by atoms with Gasteiger partial charge in [0, 0.05) is 35.4 Å². The highest BCUT2D eigenvalue weighted by atomic mass is 19.3. The molecule has 8 heteroatoms. The van der Waals surface area contributed by atoms with E-state index >= 15 is 0 Å². The normalized spacial score (nSPS) is 12.6. The predicted octanol–water partition coefficient (Wildman–Crippen LogP) is 2.49. The van der Waals surface area contributed by atoms with Gasteiger partial charge in [-0.2, -0.15) is 0 Å². The standard InChI is InChI=1S/C13H13F2N3O3/c1-7-4-11(16-6-12(19)13(14)15)9-5-8(18(20)21)2-3-10(9)17-7/h2-5,12-13,19H,6H2,1H3,(H,16,17). The summed E-state index contributed by atoms with van der Waals surface area (Å²) in [5.41, 5.74) is 1.44. The van der Waals surface area contributed by atoms with Crippen molar-refractivity contribution in [3.05, 3.63) is 40.1 Å². The number of halogens is 2. The lowest BCUT2D eigenvalue weighted by atomic mass is 10.1. The maximum atomic E-state index is 12.3. The van der Waals surface area contributed by atoms with Crippen LogP contribution in [-0.4, -0.2) is 34.1 Å². The third kappa shape index (κ3) is 3.40. The number of nitrogens with zero attached hydrogens (tertiary/aromatic N) is 2. The van der Waals surface area contributed by atoms with Crippen LogP contribution < -0.4 is 5.32 Å². The highest BCUT2D eigenvalue weighted by Crippen LogP contribution is 2.27. The first-order valence-electron chi connectivity index (χ1n) is 6.14. The number of nitrogens with one attached hydrogen (secondary N) is 1. The summed E-state index contributed by atoms with van der Waals surface area (Å²) in [6.45, 7) is 1.36. The van der Waals surface area contributed by atoms with Crippen LogP contribution >= 0.6 is 0 Å². The zero-order valence-corrected chi connectivity index (χ0v) is 11.1. The van der Waals surface area contributed by atoms with Crippen molar-refractivity contribution < 1.29 is 18.8 Å². The Morgan fingerprint density at radius 3 is 2.76 bits per heavy atom. The Bertz CT molecular complexity index is 679. The summed E-state index contributed by atoms with van der Waals surface area (Å²) in [6, 6.07) is 5.73. The SMILES string of the molecule is Cc1cc(NCC(O)C(F)F)c2cc([N+](=O)[O-])ccc2n1. The fourth-order valence-corrected chi connectivity index (χ4v) is 1.91. The van der Waals surface area contributed by atoms with Gasteiger partial charge in [0.15, 0.2) is 0 Å². The first kappa shape index (κ1) is 15.0. The second-order valence-corrected chi connectivity index (χ2v) is 4.55. The van der Waals surface area contributed by atoms with Gasteiger partial charge in [0.2, 0.25) is 0 Å². The lowest BCUT2D eigenvalue weighted by Gasteiger charge is -2.14. The molecule has 0 radical (unpaired) electrons. The van der Waals surface area contributed by atoms with E-state index < -0.39 is 17.5 Å². The third-order valence-electron chi connectivity index (χ3n) is 2.92. The Hall–Kier alpha value is -2.35. The van der Waals surface area contributed by atoms with Crippen LogP contribution in [0.5, 0.6) is 0 Å².